The van der Waals surface area contributed by atoms with Gasteiger partial charge < -0.3 is 15.3 Å². The SMILES string of the molecule is CSCCNC(=O)N1CCCCC1CCC(=O)O. The monoisotopic (exact) mass is 274 g/mol. The molecule has 1 aliphatic heterocycles. The summed E-state index contributed by atoms with van der Waals surface area (Å²) >= 11 is 1.69. The van der Waals surface area contributed by atoms with Gasteiger partial charge in [-0.25, -0.2) is 4.79 Å². The molecule has 0 radical (unpaired) electrons. The summed E-state index contributed by atoms with van der Waals surface area (Å²) in [6, 6.07) is 0.0447. The first-order chi connectivity index (χ1) is 8.65. The van der Waals surface area contributed by atoms with Gasteiger partial charge in [0.15, 0.2) is 0 Å². The fourth-order valence-corrected chi connectivity index (χ4v) is 2.53. The number of aliphatic carboxylic acids is 1. The summed E-state index contributed by atoms with van der Waals surface area (Å²) in [7, 11) is 0. The third-order valence-corrected chi connectivity index (χ3v) is 3.77. The number of carboxylic acids is 1. The maximum absolute atomic E-state index is 12.0. The average molecular weight is 274 g/mol. The van der Waals surface area contributed by atoms with Crippen LogP contribution in [0.1, 0.15) is 32.1 Å². The zero-order valence-electron chi connectivity index (χ0n) is 10.9. The minimum absolute atomic E-state index is 0.0425. The summed E-state index contributed by atoms with van der Waals surface area (Å²) in [5.74, 6) is 0.114. The Hall–Kier alpha value is -0.910. The van der Waals surface area contributed by atoms with Crippen molar-refractivity contribution >= 4 is 23.8 Å². The molecule has 0 aromatic carbocycles. The summed E-state index contributed by atoms with van der Waals surface area (Å²) in [5.41, 5.74) is 0. The highest BCUT2D eigenvalue weighted by molar-refractivity contribution is 7.98. The van der Waals surface area contributed by atoms with Crippen LogP contribution >= 0.6 is 11.8 Å². The van der Waals surface area contributed by atoms with Gasteiger partial charge >= 0.3 is 12.0 Å². The molecule has 0 aliphatic carbocycles. The van der Waals surface area contributed by atoms with Gasteiger partial charge in [0.05, 0.1) is 0 Å². The number of piperidine rings is 1. The number of rotatable bonds is 6. The van der Waals surface area contributed by atoms with E-state index >= 15 is 0 Å². The number of thioether (sulfide) groups is 1. The molecule has 6 heteroatoms. The number of hydrogen-bond acceptors (Lipinski definition) is 3. The molecule has 5 nitrogen and oxygen atoms in total. The van der Waals surface area contributed by atoms with Gasteiger partial charge in [0.1, 0.15) is 0 Å². The number of amides is 2. The topological polar surface area (TPSA) is 69.6 Å². The maximum atomic E-state index is 12.0. The predicted molar refractivity (Wildman–Crippen MR) is 73.0 cm³/mol. The van der Waals surface area contributed by atoms with Crippen LogP contribution in [0.15, 0.2) is 0 Å². The van der Waals surface area contributed by atoms with E-state index in [1.807, 2.05) is 11.2 Å². The smallest absolute Gasteiger partial charge is 0.317 e. The van der Waals surface area contributed by atoms with Gasteiger partial charge in [-0.3, -0.25) is 4.79 Å². The molecule has 0 aromatic heterocycles. The second-order valence-corrected chi connectivity index (χ2v) is 5.49. The van der Waals surface area contributed by atoms with E-state index in [0.717, 1.165) is 31.6 Å². The van der Waals surface area contributed by atoms with Gasteiger partial charge in [0, 0.05) is 31.3 Å². The molecule has 1 rings (SSSR count). The molecule has 0 spiro atoms. The van der Waals surface area contributed by atoms with Crippen LogP contribution < -0.4 is 5.32 Å². The lowest BCUT2D eigenvalue weighted by atomic mass is 9.98. The van der Waals surface area contributed by atoms with E-state index in [1.165, 1.54) is 0 Å². The van der Waals surface area contributed by atoms with Crippen molar-refractivity contribution in [2.75, 3.05) is 25.1 Å². The van der Waals surface area contributed by atoms with Gasteiger partial charge in [-0.15, -0.1) is 0 Å². The largest absolute Gasteiger partial charge is 0.481 e. The lowest BCUT2D eigenvalue weighted by molar-refractivity contribution is -0.137. The molecule has 104 valence electrons. The second kappa shape index (κ2) is 8.24. The summed E-state index contributed by atoms with van der Waals surface area (Å²) in [6.07, 6.45) is 5.72. The van der Waals surface area contributed by atoms with E-state index in [9.17, 15) is 9.59 Å². The standard InChI is InChI=1S/C12H22N2O3S/c1-18-9-7-13-12(17)14-8-3-2-4-10(14)5-6-11(15)16/h10H,2-9H2,1H3,(H,13,17)(H,15,16). The minimum Gasteiger partial charge on any atom is -0.481 e. The van der Waals surface area contributed by atoms with E-state index in [2.05, 4.69) is 5.32 Å². The first-order valence-corrected chi connectivity index (χ1v) is 7.79. The van der Waals surface area contributed by atoms with Crippen LogP contribution in [0.4, 0.5) is 4.79 Å². The van der Waals surface area contributed by atoms with Crippen molar-refractivity contribution in [3.05, 3.63) is 0 Å². The molecule has 18 heavy (non-hydrogen) atoms. The summed E-state index contributed by atoms with van der Waals surface area (Å²) < 4.78 is 0. The number of nitrogens with one attached hydrogen (secondary N) is 1. The Balaban J connectivity index is 2.42. The van der Waals surface area contributed by atoms with Crippen LogP contribution in [0.3, 0.4) is 0 Å². The molecule has 1 aliphatic rings. The molecule has 1 atom stereocenters. The van der Waals surface area contributed by atoms with Crippen LogP contribution in [0.5, 0.6) is 0 Å². The molecule has 2 N–H and O–H groups in total. The highest BCUT2D eigenvalue weighted by Crippen LogP contribution is 2.20. The van der Waals surface area contributed by atoms with Gasteiger partial charge in [-0.1, -0.05) is 0 Å². The number of hydrogen-bond donors (Lipinski definition) is 2. The first-order valence-electron chi connectivity index (χ1n) is 6.40. The van der Waals surface area contributed by atoms with Gasteiger partial charge in [0.25, 0.3) is 0 Å². The van der Waals surface area contributed by atoms with Crippen molar-refractivity contribution in [2.24, 2.45) is 0 Å². The molecule has 1 heterocycles. The quantitative estimate of drug-likeness (QED) is 0.724. The number of carbonyl (C=O) groups excluding carboxylic acids is 1. The van der Waals surface area contributed by atoms with Crippen molar-refractivity contribution in [2.45, 2.75) is 38.1 Å². The molecule has 1 saturated heterocycles. The zero-order valence-corrected chi connectivity index (χ0v) is 11.7. The molecule has 1 unspecified atom stereocenters. The van der Waals surface area contributed by atoms with E-state index in [-0.39, 0.29) is 18.5 Å². The Labute approximate surface area is 112 Å². The van der Waals surface area contributed by atoms with Crippen LogP contribution in [-0.4, -0.2) is 53.1 Å². The van der Waals surface area contributed by atoms with Crippen molar-refractivity contribution in [1.82, 2.24) is 10.2 Å². The summed E-state index contributed by atoms with van der Waals surface area (Å²) in [6.45, 7) is 1.41. The van der Waals surface area contributed by atoms with Gasteiger partial charge in [-0.2, -0.15) is 11.8 Å². The molecule has 1 fully saturated rings. The normalized spacial score (nSPS) is 19.6. The number of likely N-dealkylation sites (tertiary alicyclic amines) is 1. The van der Waals surface area contributed by atoms with Gasteiger partial charge in [-0.05, 0) is 31.9 Å². The van der Waals surface area contributed by atoms with E-state index < -0.39 is 5.97 Å². The number of nitrogens with zero attached hydrogens (tertiary/aromatic N) is 1. The first kappa shape index (κ1) is 15.1. The molecule has 0 bridgehead atoms. The third-order valence-electron chi connectivity index (χ3n) is 3.16. The summed E-state index contributed by atoms with van der Waals surface area (Å²) in [4.78, 5) is 24.4. The fourth-order valence-electron chi connectivity index (χ4n) is 2.22. The van der Waals surface area contributed by atoms with Crippen molar-refractivity contribution in [3.63, 3.8) is 0 Å². The highest BCUT2D eigenvalue weighted by Gasteiger charge is 2.26. The Kier molecular flexibility index (Phi) is 6.93. The van der Waals surface area contributed by atoms with Gasteiger partial charge in [0.2, 0.25) is 0 Å². The van der Waals surface area contributed by atoms with E-state index in [0.29, 0.717) is 13.0 Å². The van der Waals surface area contributed by atoms with Crippen molar-refractivity contribution in [3.8, 4) is 0 Å². The number of urea groups is 1. The Morgan fingerprint density at radius 1 is 1.44 bits per heavy atom. The molecule has 0 aromatic rings. The maximum Gasteiger partial charge on any atom is 0.317 e. The molecular formula is C12H22N2O3S. The minimum atomic E-state index is -0.789. The highest BCUT2D eigenvalue weighted by atomic mass is 32.2. The van der Waals surface area contributed by atoms with Crippen LogP contribution in [0.2, 0.25) is 0 Å². The number of carboxylic acid groups (broad SMARTS) is 1. The number of carbonyl (C=O) groups is 2. The van der Waals surface area contributed by atoms with Crippen molar-refractivity contribution < 1.29 is 14.7 Å². The fraction of sp³-hybridized carbons (Fsp3) is 0.833. The zero-order chi connectivity index (χ0) is 13.4. The average Bonchev–Trinajstić information content (AvgIpc) is 2.37. The predicted octanol–water partition coefficient (Wildman–Crippen LogP) is 1.78. The molecule has 2 amide bonds. The summed E-state index contributed by atoms with van der Waals surface area (Å²) in [5, 5.41) is 11.6. The van der Waals surface area contributed by atoms with Crippen LogP contribution in [-0.2, 0) is 4.79 Å². The Morgan fingerprint density at radius 2 is 2.22 bits per heavy atom. The second-order valence-electron chi connectivity index (χ2n) is 4.50. The molecule has 0 saturated carbocycles. The van der Waals surface area contributed by atoms with E-state index in [4.69, 9.17) is 5.11 Å². The van der Waals surface area contributed by atoms with Crippen molar-refractivity contribution in [1.29, 1.82) is 0 Å². The Morgan fingerprint density at radius 3 is 2.89 bits per heavy atom. The van der Waals surface area contributed by atoms with E-state index in [1.54, 1.807) is 11.8 Å². The lowest BCUT2D eigenvalue weighted by Crippen LogP contribution is -2.49. The lowest BCUT2D eigenvalue weighted by Gasteiger charge is -2.35. The molecular weight excluding hydrogens is 252 g/mol. The van der Waals surface area contributed by atoms with Crippen LogP contribution in [0.25, 0.3) is 0 Å². The van der Waals surface area contributed by atoms with Crippen LogP contribution in [0, 0.1) is 0 Å². The third kappa shape index (κ3) is 5.16. The Bertz CT molecular complexity index is 286.